The summed E-state index contributed by atoms with van der Waals surface area (Å²) in [6, 6.07) is 5.41. The average molecular weight is 278 g/mol. The molecule has 0 aliphatic carbocycles. The Labute approximate surface area is 117 Å². The standard InChI is InChI=1S/C14H18N2O2S/c1-3-18-14-6-11(4-5-13(14)17)7-15-8-12-9-19-10(2)16-12/h4-6,9,15,17H,3,7-8H2,1-2H3. The van der Waals surface area contributed by atoms with Gasteiger partial charge < -0.3 is 15.2 Å². The van der Waals surface area contributed by atoms with Crippen LogP contribution in [0.3, 0.4) is 0 Å². The van der Waals surface area contributed by atoms with Crippen LogP contribution in [-0.2, 0) is 13.1 Å². The summed E-state index contributed by atoms with van der Waals surface area (Å²) < 4.78 is 5.36. The fourth-order valence-electron chi connectivity index (χ4n) is 1.76. The number of nitrogens with one attached hydrogen (secondary N) is 1. The van der Waals surface area contributed by atoms with Crippen LogP contribution in [0.1, 0.15) is 23.2 Å². The molecule has 0 aliphatic rings. The summed E-state index contributed by atoms with van der Waals surface area (Å²) in [6.45, 7) is 5.91. The second kappa shape index (κ2) is 6.54. The van der Waals surface area contributed by atoms with E-state index in [4.69, 9.17) is 4.74 Å². The Bertz CT molecular complexity index is 540. The highest BCUT2D eigenvalue weighted by Crippen LogP contribution is 2.26. The van der Waals surface area contributed by atoms with Crippen LogP contribution in [0.4, 0.5) is 0 Å². The Morgan fingerprint density at radius 2 is 2.21 bits per heavy atom. The molecule has 0 radical (unpaired) electrons. The number of hydrogen-bond acceptors (Lipinski definition) is 5. The fourth-order valence-corrected chi connectivity index (χ4v) is 2.38. The van der Waals surface area contributed by atoms with Gasteiger partial charge in [0, 0.05) is 18.5 Å². The summed E-state index contributed by atoms with van der Waals surface area (Å²) in [6.07, 6.45) is 0. The molecule has 2 rings (SSSR count). The Morgan fingerprint density at radius 3 is 2.89 bits per heavy atom. The fraction of sp³-hybridized carbons (Fsp3) is 0.357. The van der Waals surface area contributed by atoms with Gasteiger partial charge in [-0.1, -0.05) is 6.07 Å². The van der Waals surface area contributed by atoms with Crippen LogP contribution in [-0.4, -0.2) is 16.7 Å². The zero-order valence-electron chi connectivity index (χ0n) is 11.1. The van der Waals surface area contributed by atoms with Crippen molar-refractivity contribution >= 4 is 11.3 Å². The summed E-state index contributed by atoms with van der Waals surface area (Å²) >= 11 is 1.66. The molecule has 2 aromatic rings. The van der Waals surface area contributed by atoms with Gasteiger partial charge in [-0.25, -0.2) is 4.98 Å². The first kappa shape index (κ1) is 13.8. The van der Waals surface area contributed by atoms with Gasteiger partial charge in [-0.3, -0.25) is 0 Å². The molecule has 0 atom stereocenters. The largest absolute Gasteiger partial charge is 0.504 e. The number of phenols is 1. The van der Waals surface area contributed by atoms with Crippen LogP contribution in [0, 0.1) is 6.92 Å². The summed E-state index contributed by atoms with van der Waals surface area (Å²) in [5.74, 6) is 0.715. The van der Waals surface area contributed by atoms with E-state index in [2.05, 4.69) is 15.7 Å². The first-order valence-corrected chi connectivity index (χ1v) is 7.13. The maximum absolute atomic E-state index is 9.62. The molecule has 0 unspecified atom stereocenters. The lowest BCUT2D eigenvalue weighted by Gasteiger charge is -2.08. The Morgan fingerprint density at radius 1 is 1.37 bits per heavy atom. The summed E-state index contributed by atoms with van der Waals surface area (Å²) in [4.78, 5) is 4.39. The SMILES string of the molecule is CCOc1cc(CNCc2csc(C)n2)ccc1O. The van der Waals surface area contributed by atoms with Gasteiger partial charge in [0.15, 0.2) is 11.5 Å². The lowest BCUT2D eigenvalue weighted by Crippen LogP contribution is -2.13. The zero-order valence-corrected chi connectivity index (χ0v) is 12.0. The third-order valence-electron chi connectivity index (χ3n) is 2.63. The van der Waals surface area contributed by atoms with Gasteiger partial charge in [0.2, 0.25) is 0 Å². The van der Waals surface area contributed by atoms with E-state index in [0.29, 0.717) is 12.4 Å². The predicted octanol–water partition coefficient (Wildman–Crippen LogP) is 2.85. The smallest absolute Gasteiger partial charge is 0.161 e. The minimum atomic E-state index is 0.181. The molecule has 1 heterocycles. The van der Waals surface area contributed by atoms with E-state index < -0.39 is 0 Å². The number of benzene rings is 1. The van der Waals surface area contributed by atoms with Crippen molar-refractivity contribution in [2.24, 2.45) is 0 Å². The molecule has 5 heteroatoms. The highest BCUT2D eigenvalue weighted by atomic mass is 32.1. The van der Waals surface area contributed by atoms with Gasteiger partial charge in [0.25, 0.3) is 0 Å². The van der Waals surface area contributed by atoms with E-state index in [1.807, 2.05) is 26.0 Å². The molecule has 1 aromatic heterocycles. The first-order valence-electron chi connectivity index (χ1n) is 6.25. The van der Waals surface area contributed by atoms with Crippen molar-refractivity contribution < 1.29 is 9.84 Å². The van der Waals surface area contributed by atoms with Crippen molar-refractivity contribution in [2.45, 2.75) is 26.9 Å². The lowest BCUT2D eigenvalue weighted by atomic mass is 10.2. The normalized spacial score (nSPS) is 10.6. The number of aromatic hydroxyl groups is 1. The Balaban J connectivity index is 1.90. The Kier molecular flexibility index (Phi) is 4.76. The number of aryl methyl sites for hydroxylation is 1. The summed E-state index contributed by atoms with van der Waals surface area (Å²) in [5.41, 5.74) is 2.14. The van der Waals surface area contributed by atoms with Gasteiger partial charge in [0.05, 0.1) is 17.3 Å². The first-order chi connectivity index (χ1) is 9.19. The zero-order chi connectivity index (χ0) is 13.7. The molecule has 19 heavy (non-hydrogen) atoms. The van der Waals surface area contributed by atoms with Crippen LogP contribution in [0.25, 0.3) is 0 Å². The minimum absolute atomic E-state index is 0.181. The van der Waals surface area contributed by atoms with Crippen molar-refractivity contribution in [3.63, 3.8) is 0 Å². The van der Waals surface area contributed by atoms with E-state index in [1.54, 1.807) is 17.4 Å². The second-order valence-electron chi connectivity index (χ2n) is 4.20. The lowest BCUT2D eigenvalue weighted by molar-refractivity contribution is 0.317. The van der Waals surface area contributed by atoms with Crippen LogP contribution >= 0.6 is 11.3 Å². The molecule has 0 bridgehead atoms. The molecular formula is C14H18N2O2S. The average Bonchev–Trinajstić information content (AvgIpc) is 2.79. The maximum Gasteiger partial charge on any atom is 0.161 e. The van der Waals surface area contributed by atoms with Crippen molar-refractivity contribution in [1.29, 1.82) is 0 Å². The molecule has 1 aromatic carbocycles. The number of rotatable bonds is 6. The number of hydrogen-bond donors (Lipinski definition) is 2. The van der Waals surface area contributed by atoms with Crippen molar-refractivity contribution in [1.82, 2.24) is 10.3 Å². The summed E-state index contributed by atoms with van der Waals surface area (Å²) in [7, 11) is 0. The number of nitrogens with zero attached hydrogens (tertiary/aromatic N) is 1. The van der Waals surface area contributed by atoms with Crippen molar-refractivity contribution in [2.75, 3.05) is 6.61 Å². The number of ether oxygens (including phenoxy) is 1. The van der Waals surface area contributed by atoms with Gasteiger partial charge in [-0.05, 0) is 31.5 Å². The monoisotopic (exact) mass is 278 g/mol. The van der Waals surface area contributed by atoms with Crippen LogP contribution in [0.2, 0.25) is 0 Å². The van der Waals surface area contributed by atoms with Gasteiger partial charge in [-0.2, -0.15) is 0 Å². The van der Waals surface area contributed by atoms with E-state index >= 15 is 0 Å². The molecule has 0 amide bonds. The van der Waals surface area contributed by atoms with E-state index in [-0.39, 0.29) is 5.75 Å². The van der Waals surface area contributed by atoms with Gasteiger partial charge >= 0.3 is 0 Å². The molecule has 2 N–H and O–H groups in total. The van der Waals surface area contributed by atoms with E-state index in [0.717, 1.165) is 29.4 Å². The molecule has 4 nitrogen and oxygen atoms in total. The molecule has 0 aliphatic heterocycles. The topological polar surface area (TPSA) is 54.4 Å². The maximum atomic E-state index is 9.62. The number of thiazole rings is 1. The van der Waals surface area contributed by atoms with E-state index in [1.165, 1.54) is 0 Å². The van der Waals surface area contributed by atoms with Crippen molar-refractivity contribution in [3.05, 3.63) is 39.8 Å². The van der Waals surface area contributed by atoms with Crippen LogP contribution < -0.4 is 10.1 Å². The molecular weight excluding hydrogens is 260 g/mol. The minimum Gasteiger partial charge on any atom is -0.504 e. The quantitative estimate of drug-likeness (QED) is 0.853. The predicted molar refractivity (Wildman–Crippen MR) is 76.7 cm³/mol. The third kappa shape index (κ3) is 3.94. The van der Waals surface area contributed by atoms with Gasteiger partial charge in [-0.15, -0.1) is 11.3 Å². The Hall–Kier alpha value is -1.59. The molecule has 0 spiro atoms. The molecule has 0 fully saturated rings. The number of aromatic nitrogens is 1. The van der Waals surface area contributed by atoms with Gasteiger partial charge in [0.1, 0.15) is 0 Å². The van der Waals surface area contributed by atoms with Crippen LogP contribution in [0.5, 0.6) is 11.5 Å². The molecule has 0 saturated heterocycles. The van der Waals surface area contributed by atoms with Crippen LogP contribution in [0.15, 0.2) is 23.6 Å². The highest BCUT2D eigenvalue weighted by Gasteiger charge is 2.04. The molecule has 102 valence electrons. The number of phenolic OH excluding ortho intramolecular Hbond substituents is 1. The third-order valence-corrected chi connectivity index (χ3v) is 3.45. The summed E-state index contributed by atoms with van der Waals surface area (Å²) in [5, 5.41) is 16.1. The second-order valence-corrected chi connectivity index (χ2v) is 5.26. The van der Waals surface area contributed by atoms with Crippen molar-refractivity contribution in [3.8, 4) is 11.5 Å². The molecule has 0 saturated carbocycles. The van der Waals surface area contributed by atoms with E-state index in [9.17, 15) is 5.11 Å². The highest BCUT2D eigenvalue weighted by molar-refractivity contribution is 7.09.